The Labute approximate surface area is 184 Å². The van der Waals surface area contributed by atoms with Gasteiger partial charge in [-0.2, -0.15) is 5.10 Å². The third kappa shape index (κ3) is 5.64. The van der Waals surface area contributed by atoms with E-state index in [4.69, 9.17) is 11.6 Å². The molecule has 0 aliphatic carbocycles. The van der Waals surface area contributed by atoms with Crippen molar-refractivity contribution in [1.82, 2.24) is 30.0 Å². The predicted octanol–water partition coefficient (Wildman–Crippen LogP) is 3.95. The van der Waals surface area contributed by atoms with Gasteiger partial charge in [-0.05, 0) is 36.8 Å². The van der Waals surface area contributed by atoms with Crippen LogP contribution in [0, 0.1) is 0 Å². The fourth-order valence-corrected chi connectivity index (χ4v) is 3.15. The van der Waals surface area contributed by atoms with Crippen LogP contribution in [-0.4, -0.2) is 37.2 Å². The molecule has 0 fully saturated rings. The number of carbonyl (C=O) groups is 1. The minimum atomic E-state index is -0.184. The van der Waals surface area contributed by atoms with Crippen molar-refractivity contribution in [3.8, 4) is 11.3 Å². The Balaban J connectivity index is 1.41. The van der Waals surface area contributed by atoms with Crippen LogP contribution in [0.3, 0.4) is 0 Å². The molecule has 2 N–H and O–H groups in total. The van der Waals surface area contributed by atoms with Gasteiger partial charge in [0.2, 0.25) is 0 Å². The van der Waals surface area contributed by atoms with Gasteiger partial charge in [-0.1, -0.05) is 17.7 Å². The molecule has 0 saturated heterocycles. The topological polar surface area (TPSA) is 97.6 Å². The maximum absolute atomic E-state index is 12.5. The van der Waals surface area contributed by atoms with Crippen molar-refractivity contribution in [3.05, 3.63) is 84.2 Å². The molecule has 31 heavy (non-hydrogen) atoms. The number of pyridine rings is 1. The number of nitrogens with zero attached hydrogens (tertiary/aromatic N) is 5. The van der Waals surface area contributed by atoms with Crippen molar-refractivity contribution >= 4 is 29.0 Å². The second kappa shape index (κ2) is 9.82. The summed E-state index contributed by atoms with van der Waals surface area (Å²) in [6, 6.07) is 11.0. The van der Waals surface area contributed by atoms with E-state index in [9.17, 15) is 4.79 Å². The Morgan fingerprint density at radius 2 is 1.97 bits per heavy atom. The van der Waals surface area contributed by atoms with Gasteiger partial charge in [0, 0.05) is 54.2 Å². The molecular formula is C22H20ClN7O. The molecule has 0 aliphatic rings. The number of benzene rings is 1. The average molecular weight is 434 g/mol. The lowest BCUT2D eigenvalue weighted by Gasteiger charge is -2.09. The number of aromatic nitrogens is 5. The zero-order valence-corrected chi connectivity index (χ0v) is 17.3. The highest BCUT2D eigenvalue weighted by molar-refractivity contribution is 6.30. The van der Waals surface area contributed by atoms with Crippen LogP contribution in [0.4, 0.5) is 11.5 Å². The van der Waals surface area contributed by atoms with Gasteiger partial charge >= 0.3 is 0 Å². The first kappa shape index (κ1) is 20.5. The molecule has 3 heterocycles. The van der Waals surface area contributed by atoms with Gasteiger partial charge in [0.05, 0.1) is 23.7 Å². The highest BCUT2D eigenvalue weighted by Gasteiger charge is 2.09. The van der Waals surface area contributed by atoms with E-state index < -0.39 is 0 Å². The van der Waals surface area contributed by atoms with Crippen molar-refractivity contribution in [1.29, 1.82) is 0 Å². The normalized spacial score (nSPS) is 10.6. The standard InChI is InChI=1S/C22H20ClN7O/c23-18-4-1-5-19(11-18)28-21-15-25-14-20(29-21)16-10-17(13-24-12-16)22(31)26-6-2-8-30-9-3-7-27-30/h1,3-5,7,9-15H,2,6,8H2,(H,26,31)(H,28,29). The van der Waals surface area contributed by atoms with Crippen molar-refractivity contribution in [2.75, 3.05) is 11.9 Å². The molecule has 0 unspecified atom stereocenters. The van der Waals surface area contributed by atoms with Gasteiger partial charge in [-0.25, -0.2) is 4.98 Å². The molecule has 156 valence electrons. The van der Waals surface area contributed by atoms with Gasteiger partial charge in [0.15, 0.2) is 0 Å². The SMILES string of the molecule is O=C(NCCCn1cccn1)c1cncc(-c2cncc(Nc3cccc(Cl)c3)n2)c1. The van der Waals surface area contributed by atoms with Crippen molar-refractivity contribution < 1.29 is 4.79 Å². The highest BCUT2D eigenvalue weighted by Crippen LogP contribution is 2.22. The molecule has 9 heteroatoms. The van der Waals surface area contributed by atoms with Crippen LogP contribution in [0.5, 0.6) is 0 Å². The Morgan fingerprint density at radius 3 is 2.81 bits per heavy atom. The molecule has 0 spiro atoms. The van der Waals surface area contributed by atoms with Crippen LogP contribution in [0.1, 0.15) is 16.8 Å². The quantitative estimate of drug-likeness (QED) is 0.408. The first-order valence-corrected chi connectivity index (χ1v) is 10.1. The van der Waals surface area contributed by atoms with Gasteiger partial charge in [-0.3, -0.25) is 19.4 Å². The van der Waals surface area contributed by atoms with Gasteiger partial charge in [0.25, 0.3) is 5.91 Å². The summed E-state index contributed by atoms with van der Waals surface area (Å²) in [6.07, 6.45) is 10.8. The number of hydrogen-bond acceptors (Lipinski definition) is 6. The fraction of sp³-hybridized carbons (Fsp3) is 0.136. The van der Waals surface area contributed by atoms with Crippen molar-refractivity contribution in [2.45, 2.75) is 13.0 Å². The molecule has 0 aliphatic heterocycles. The maximum Gasteiger partial charge on any atom is 0.252 e. The molecule has 8 nitrogen and oxygen atoms in total. The lowest BCUT2D eigenvalue weighted by atomic mass is 10.1. The number of halogens is 1. The Bertz CT molecular complexity index is 1160. The summed E-state index contributed by atoms with van der Waals surface area (Å²) >= 11 is 6.03. The lowest BCUT2D eigenvalue weighted by Crippen LogP contribution is -2.25. The first-order valence-electron chi connectivity index (χ1n) is 9.73. The maximum atomic E-state index is 12.5. The summed E-state index contributed by atoms with van der Waals surface area (Å²) in [4.78, 5) is 25.5. The van der Waals surface area contributed by atoms with E-state index in [0.29, 0.717) is 34.2 Å². The summed E-state index contributed by atoms with van der Waals surface area (Å²) in [6.45, 7) is 1.29. The van der Waals surface area contributed by atoms with E-state index in [1.807, 2.05) is 29.1 Å². The zero-order chi connectivity index (χ0) is 21.5. The minimum Gasteiger partial charge on any atom is -0.352 e. The van der Waals surface area contributed by atoms with E-state index in [1.165, 1.54) is 6.20 Å². The smallest absolute Gasteiger partial charge is 0.252 e. The number of carbonyl (C=O) groups excluding carboxylic acids is 1. The van der Waals surface area contributed by atoms with E-state index in [-0.39, 0.29) is 5.91 Å². The summed E-state index contributed by atoms with van der Waals surface area (Å²) in [5, 5.41) is 10.9. The minimum absolute atomic E-state index is 0.184. The molecule has 0 bridgehead atoms. The van der Waals surface area contributed by atoms with Crippen LogP contribution in [-0.2, 0) is 6.54 Å². The Morgan fingerprint density at radius 1 is 1.06 bits per heavy atom. The third-order valence-corrected chi connectivity index (χ3v) is 4.67. The van der Waals surface area contributed by atoms with Crippen LogP contribution in [0.25, 0.3) is 11.3 Å². The second-order valence-corrected chi connectivity index (χ2v) is 7.20. The molecule has 1 amide bonds. The van der Waals surface area contributed by atoms with Crippen LogP contribution in [0.2, 0.25) is 5.02 Å². The number of rotatable bonds is 8. The van der Waals surface area contributed by atoms with E-state index in [1.54, 1.807) is 43.0 Å². The van der Waals surface area contributed by atoms with E-state index >= 15 is 0 Å². The Hall–Kier alpha value is -3.78. The summed E-state index contributed by atoms with van der Waals surface area (Å²) in [5.41, 5.74) is 2.58. The third-order valence-electron chi connectivity index (χ3n) is 4.44. The lowest BCUT2D eigenvalue weighted by molar-refractivity contribution is 0.0952. The molecule has 4 aromatic rings. The first-order chi connectivity index (χ1) is 15.2. The fourth-order valence-electron chi connectivity index (χ4n) is 2.96. The number of nitrogens with one attached hydrogen (secondary N) is 2. The molecule has 0 radical (unpaired) electrons. The van der Waals surface area contributed by atoms with E-state index in [2.05, 4.69) is 30.7 Å². The molecule has 3 aromatic heterocycles. The summed E-state index contributed by atoms with van der Waals surface area (Å²) in [7, 11) is 0. The number of hydrogen-bond donors (Lipinski definition) is 2. The van der Waals surface area contributed by atoms with Crippen molar-refractivity contribution in [3.63, 3.8) is 0 Å². The number of anilines is 2. The second-order valence-electron chi connectivity index (χ2n) is 6.77. The highest BCUT2D eigenvalue weighted by atomic mass is 35.5. The largest absolute Gasteiger partial charge is 0.352 e. The Kier molecular flexibility index (Phi) is 6.49. The van der Waals surface area contributed by atoms with Crippen LogP contribution in [0.15, 0.2) is 73.6 Å². The number of amides is 1. The van der Waals surface area contributed by atoms with E-state index in [0.717, 1.165) is 18.7 Å². The van der Waals surface area contributed by atoms with Gasteiger partial charge < -0.3 is 10.6 Å². The molecule has 4 rings (SSSR count). The monoisotopic (exact) mass is 433 g/mol. The molecule has 0 saturated carbocycles. The van der Waals surface area contributed by atoms with Crippen LogP contribution < -0.4 is 10.6 Å². The van der Waals surface area contributed by atoms with Crippen LogP contribution >= 0.6 is 11.6 Å². The van der Waals surface area contributed by atoms with Crippen molar-refractivity contribution in [2.24, 2.45) is 0 Å². The number of aryl methyl sites for hydroxylation is 1. The molecule has 1 aromatic carbocycles. The van der Waals surface area contributed by atoms with Gasteiger partial charge in [-0.15, -0.1) is 0 Å². The summed E-state index contributed by atoms with van der Waals surface area (Å²) in [5.74, 6) is 0.379. The molecule has 0 atom stereocenters. The average Bonchev–Trinajstić information content (AvgIpc) is 3.30. The predicted molar refractivity (Wildman–Crippen MR) is 119 cm³/mol. The molecular weight excluding hydrogens is 414 g/mol. The zero-order valence-electron chi connectivity index (χ0n) is 16.6. The summed E-state index contributed by atoms with van der Waals surface area (Å²) < 4.78 is 1.83. The van der Waals surface area contributed by atoms with Gasteiger partial charge in [0.1, 0.15) is 5.82 Å².